The first-order valence-electron chi connectivity index (χ1n) is 6.03. The SMILES string of the molecule is COc1c(C)cnc(CS(=O)CC(C)CN)c1C. The van der Waals surface area contributed by atoms with E-state index in [4.69, 9.17) is 10.5 Å². The van der Waals surface area contributed by atoms with E-state index < -0.39 is 10.8 Å². The highest BCUT2D eigenvalue weighted by molar-refractivity contribution is 7.84. The standard InChI is InChI=1S/C13H22N2O2S/c1-9(5-14)7-18(16)8-12-11(3)13(17-4)10(2)6-15-12/h6,9H,5,7-8,14H2,1-4H3. The van der Waals surface area contributed by atoms with Crippen LogP contribution in [0.15, 0.2) is 6.20 Å². The summed E-state index contributed by atoms with van der Waals surface area (Å²) in [5, 5.41) is 0. The number of nitrogens with two attached hydrogens (primary N) is 1. The molecule has 1 aromatic rings. The molecule has 5 heteroatoms. The summed E-state index contributed by atoms with van der Waals surface area (Å²) in [4.78, 5) is 4.36. The zero-order chi connectivity index (χ0) is 13.7. The largest absolute Gasteiger partial charge is 0.496 e. The Morgan fingerprint density at radius 2 is 2.17 bits per heavy atom. The van der Waals surface area contributed by atoms with E-state index >= 15 is 0 Å². The Kier molecular flexibility index (Phi) is 5.75. The molecule has 2 unspecified atom stereocenters. The molecule has 4 nitrogen and oxygen atoms in total. The molecule has 0 amide bonds. The lowest BCUT2D eigenvalue weighted by molar-refractivity contribution is 0.407. The summed E-state index contributed by atoms with van der Waals surface area (Å²) in [5.74, 6) is 2.20. The molecule has 2 N–H and O–H groups in total. The molecular weight excluding hydrogens is 248 g/mol. The van der Waals surface area contributed by atoms with Crippen molar-refractivity contribution < 1.29 is 8.95 Å². The molecule has 1 aromatic heterocycles. The molecule has 0 saturated heterocycles. The summed E-state index contributed by atoms with van der Waals surface area (Å²) >= 11 is 0. The number of ether oxygens (including phenoxy) is 1. The minimum Gasteiger partial charge on any atom is -0.496 e. The maximum absolute atomic E-state index is 12.0. The number of hydrogen-bond donors (Lipinski definition) is 1. The third kappa shape index (κ3) is 3.78. The van der Waals surface area contributed by atoms with Gasteiger partial charge in [-0.2, -0.15) is 0 Å². The van der Waals surface area contributed by atoms with E-state index in [1.54, 1.807) is 13.3 Å². The molecule has 2 atom stereocenters. The first kappa shape index (κ1) is 15.1. The summed E-state index contributed by atoms with van der Waals surface area (Å²) in [5.41, 5.74) is 8.36. The molecule has 0 fully saturated rings. The molecule has 1 rings (SSSR count). The summed E-state index contributed by atoms with van der Waals surface area (Å²) in [6.07, 6.45) is 1.77. The topological polar surface area (TPSA) is 65.2 Å². The van der Waals surface area contributed by atoms with Crippen molar-refractivity contribution in [3.8, 4) is 5.75 Å². The van der Waals surface area contributed by atoms with E-state index in [2.05, 4.69) is 4.98 Å². The molecular formula is C13H22N2O2S. The molecule has 0 spiro atoms. The number of pyridine rings is 1. The Bertz CT molecular complexity index is 435. The molecule has 1 heterocycles. The van der Waals surface area contributed by atoms with Crippen molar-refractivity contribution in [1.82, 2.24) is 4.98 Å². The second kappa shape index (κ2) is 6.85. The number of rotatable bonds is 6. The van der Waals surface area contributed by atoms with E-state index in [1.165, 1.54) is 0 Å². The van der Waals surface area contributed by atoms with Crippen molar-refractivity contribution in [1.29, 1.82) is 0 Å². The van der Waals surface area contributed by atoms with Crippen molar-refractivity contribution in [3.05, 3.63) is 23.0 Å². The third-order valence-corrected chi connectivity index (χ3v) is 4.46. The maximum atomic E-state index is 12.0. The molecule has 0 aliphatic heterocycles. The maximum Gasteiger partial charge on any atom is 0.128 e. The highest BCUT2D eigenvalue weighted by Gasteiger charge is 2.13. The number of methoxy groups -OCH3 is 1. The Balaban J connectivity index is 2.82. The van der Waals surface area contributed by atoms with E-state index in [9.17, 15) is 4.21 Å². The number of nitrogens with zero attached hydrogens (tertiary/aromatic N) is 1. The molecule has 18 heavy (non-hydrogen) atoms. The van der Waals surface area contributed by atoms with Gasteiger partial charge in [0.15, 0.2) is 0 Å². The quantitative estimate of drug-likeness (QED) is 0.852. The highest BCUT2D eigenvalue weighted by Crippen LogP contribution is 2.24. The Labute approximate surface area is 111 Å². The van der Waals surface area contributed by atoms with Gasteiger partial charge in [0, 0.05) is 33.9 Å². The minimum atomic E-state index is -0.926. The minimum absolute atomic E-state index is 0.276. The molecule has 0 radical (unpaired) electrons. The van der Waals surface area contributed by atoms with Crippen LogP contribution in [-0.4, -0.2) is 28.6 Å². The van der Waals surface area contributed by atoms with Gasteiger partial charge >= 0.3 is 0 Å². The molecule has 0 saturated carbocycles. The predicted octanol–water partition coefficient (Wildman–Crippen LogP) is 1.55. The first-order chi connectivity index (χ1) is 8.49. The van der Waals surface area contributed by atoms with Gasteiger partial charge in [0.25, 0.3) is 0 Å². The van der Waals surface area contributed by atoms with Gasteiger partial charge in [0.2, 0.25) is 0 Å². The lowest BCUT2D eigenvalue weighted by Crippen LogP contribution is -2.19. The summed E-state index contributed by atoms with van der Waals surface area (Å²) in [6, 6.07) is 0. The van der Waals surface area contributed by atoms with Crippen LogP contribution in [-0.2, 0) is 16.6 Å². The average Bonchev–Trinajstić information content (AvgIpc) is 2.33. The van der Waals surface area contributed by atoms with Crippen LogP contribution in [0.2, 0.25) is 0 Å². The Morgan fingerprint density at radius 3 is 2.72 bits per heavy atom. The fraction of sp³-hybridized carbons (Fsp3) is 0.615. The Morgan fingerprint density at radius 1 is 1.50 bits per heavy atom. The van der Waals surface area contributed by atoms with Crippen molar-refractivity contribution in [2.24, 2.45) is 11.7 Å². The monoisotopic (exact) mass is 270 g/mol. The van der Waals surface area contributed by atoms with Crippen LogP contribution in [0.25, 0.3) is 0 Å². The van der Waals surface area contributed by atoms with Crippen molar-refractivity contribution in [3.63, 3.8) is 0 Å². The number of aryl methyl sites for hydroxylation is 1. The van der Waals surface area contributed by atoms with E-state index in [0.29, 0.717) is 18.1 Å². The predicted molar refractivity (Wildman–Crippen MR) is 75.2 cm³/mol. The van der Waals surface area contributed by atoms with Gasteiger partial charge in [-0.1, -0.05) is 6.92 Å². The summed E-state index contributed by atoms with van der Waals surface area (Å²) in [6.45, 7) is 6.48. The first-order valence-corrected chi connectivity index (χ1v) is 7.52. The van der Waals surface area contributed by atoms with Gasteiger partial charge in [-0.05, 0) is 26.3 Å². The van der Waals surface area contributed by atoms with Gasteiger partial charge in [-0.3, -0.25) is 9.19 Å². The van der Waals surface area contributed by atoms with Crippen LogP contribution in [0.3, 0.4) is 0 Å². The van der Waals surface area contributed by atoms with Crippen molar-refractivity contribution >= 4 is 10.8 Å². The number of aromatic nitrogens is 1. The Hall–Kier alpha value is -0.940. The van der Waals surface area contributed by atoms with Gasteiger partial charge in [0.05, 0.1) is 18.6 Å². The van der Waals surface area contributed by atoms with Crippen LogP contribution in [0, 0.1) is 19.8 Å². The van der Waals surface area contributed by atoms with E-state index in [1.807, 2.05) is 20.8 Å². The van der Waals surface area contributed by atoms with Gasteiger partial charge in [-0.25, -0.2) is 0 Å². The molecule has 0 bridgehead atoms. The highest BCUT2D eigenvalue weighted by atomic mass is 32.2. The van der Waals surface area contributed by atoms with Crippen LogP contribution in [0.5, 0.6) is 5.75 Å². The summed E-state index contributed by atoms with van der Waals surface area (Å²) in [7, 11) is 0.719. The fourth-order valence-corrected chi connectivity index (χ4v) is 3.30. The average molecular weight is 270 g/mol. The van der Waals surface area contributed by atoms with E-state index in [-0.39, 0.29) is 5.92 Å². The van der Waals surface area contributed by atoms with Gasteiger partial charge < -0.3 is 10.5 Å². The molecule has 102 valence electrons. The van der Waals surface area contributed by atoms with Crippen molar-refractivity contribution in [2.75, 3.05) is 19.4 Å². The zero-order valence-electron chi connectivity index (χ0n) is 11.5. The normalized spacial score (nSPS) is 14.3. The van der Waals surface area contributed by atoms with Crippen molar-refractivity contribution in [2.45, 2.75) is 26.5 Å². The third-order valence-electron chi connectivity index (χ3n) is 2.92. The van der Waals surface area contributed by atoms with Crippen LogP contribution in [0.4, 0.5) is 0 Å². The van der Waals surface area contributed by atoms with Crippen LogP contribution in [0.1, 0.15) is 23.7 Å². The molecule has 0 aliphatic rings. The lowest BCUT2D eigenvalue weighted by atomic mass is 10.1. The molecule has 0 aromatic carbocycles. The van der Waals surface area contributed by atoms with Crippen LogP contribution < -0.4 is 10.5 Å². The van der Waals surface area contributed by atoms with Crippen LogP contribution >= 0.6 is 0 Å². The smallest absolute Gasteiger partial charge is 0.128 e. The zero-order valence-corrected chi connectivity index (χ0v) is 12.3. The molecule has 0 aliphatic carbocycles. The second-order valence-electron chi connectivity index (χ2n) is 4.64. The van der Waals surface area contributed by atoms with E-state index in [0.717, 1.165) is 22.6 Å². The fourth-order valence-electron chi connectivity index (χ4n) is 1.81. The second-order valence-corrected chi connectivity index (χ2v) is 6.14. The van der Waals surface area contributed by atoms with Gasteiger partial charge in [0.1, 0.15) is 5.75 Å². The van der Waals surface area contributed by atoms with Gasteiger partial charge in [-0.15, -0.1) is 0 Å². The summed E-state index contributed by atoms with van der Waals surface area (Å²) < 4.78 is 17.3. The lowest BCUT2D eigenvalue weighted by Gasteiger charge is -2.13. The number of hydrogen-bond acceptors (Lipinski definition) is 4.